The van der Waals surface area contributed by atoms with Crippen LogP contribution in [0.3, 0.4) is 0 Å². The summed E-state index contributed by atoms with van der Waals surface area (Å²) in [6, 6.07) is 11.6. The van der Waals surface area contributed by atoms with E-state index >= 15 is 0 Å². The fraction of sp³-hybridized carbons (Fsp3) is 0.250. The molecule has 4 N–H and O–H groups in total. The highest BCUT2D eigenvalue weighted by molar-refractivity contribution is 8.00. The molecule has 1 fully saturated rings. The van der Waals surface area contributed by atoms with Crippen LogP contribution in [0.2, 0.25) is 0 Å². The topological polar surface area (TPSA) is 79.5 Å². The number of carbonyl (C=O) groups is 1. The SMILES string of the molecule is NC(=Nc1ccc(CNC(=O)C2NCCS2)cc1)c1cccs1. The van der Waals surface area contributed by atoms with E-state index in [0.29, 0.717) is 12.4 Å². The van der Waals surface area contributed by atoms with Crippen molar-refractivity contribution >= 4 is 40.5 Å². The van der Waals surface area contributed by atoms with E-state index in [4.69, 9.17) is 5.73 Å². The van der Waals surface area contributed by atoms with E-state index in [1.807, 2.05) is 41.8 Å². The second kappa shape index (κ2) is 7.63. The molecule has 0 bridgehead atoms. The summed E-state index contributed by atoms with van der Waals surface area (Å²) < 4.78 is 0. The van der Waals surface area contributed by atoms with Gasteiger partial charge < -0.3 is 11.1 Å². The Bertz CT molecular complexity index is 677. The molecule has 1 amide bonds. The Morgan fingerprint density at radius 1 is 1.35 bits per heavy atom. The van der Waals surface area contributed by atoms with Crippen molar-refractivity contribution in [2.75, 3.05) is 12.3 Å². The molecule has 2 heterocycles. The number of thioether (sulfide) groups is 1. The smallest absolute Gasteiger partial charge is 0.247 e. The number of aliphatic imine (C=N–C) groups is 1. The zero-order chi connectivity index (χ0) is 16.1. The van der Waals surface area contributed by atoms with Gasteiger partial charge in [-0.3, -0.25) is 10.1 Å². The summed E-state index contributed by atoms with van der Waals surface area (Å²) in [4.78, 5) is 17.3. The highest BCUT2D eigenvalue weighted by atomic mass is 32.2. The van der Waals surface area contributed by atoms with Crippen LogP contribution in [0, 0.1) is 0 Å². The number of amidine groups is 1. The molecule has 1 unspecified atom stereocenters. The number of benzene rings is 1. The lowest BCUT2D eigenvalue weighted by molar-refractivity contribution is -0.121. The lowest BCUT2D eigenvalue weighted by Crippen LogP contribution is -2.38. The van der Waals surface area contributed by atoms with Gasteiger partial charge in [0.1, 0.15) is 11.2 Å². The van der Waals surface area contributed by atoms with Crippen molar-refractivity contribution < 1.29 is 4.79 Å². The lowest BCUT2D eigenvalue weighted by atomic mass is 10.2. The molecule has 3 rings (SSSR count). The summed E-state index contributed by atoms with van der Waals surface area (Å²) >= 11 is 3.21. The number of hydrogen-bond donors (Lipinski definition) is 3. The zero-order valence-corrected chi connectivity index (χ0v) is 14.1. The summed E-state index contributed by atoms with van der Waals surface area (Å²) in [7, 11) is 0. The summed E-state index contributed by atoms with van der Waals surface area (Å²) in [5, 5.41) is 7.95. The summed E-state index contributed by atoms with van der Waals surface area (Å²) in [6.07, 6.45) is 0. The fourth-order valence-electron chi connectivity index (χ4n) is 2.18. The van der Waals surface area contributed by atoms with Gasteiger partial charge >= 0.3 is 0 Å². The Hall–Kier alpha value is -1.83. The molecule has 0 spiro atoms. The number of thiophene rings is 1. The van der Waals surface area contributed by atoms with Gasteiger partial charge in [0, 0.05) is 18.8 Å². The van der Waals surface area contributed by atoms with Gasteiger partial charge in [0.15, 0.2) is 0 Å². The van der Waals surface area contributed by atoms with Crippen LogP contribution in [0.1, 0.15) is 10.4 Å². The number of carbonyl (C=O) groups excluding carboxylic acids is 1. The highest BCUT2D eigenvalue weighted by Crippen LogP contribution is 2.17. The number of nitrogens with zero attached hydrogens (tertiary/aromatic N) is 1. The van der Waals surface area contributed by atoms with Crippen molar-refractivity contribution in [2.24, 2.45) is 10.7 Å². The van der Waals surface area contributed by atoms with Crippen molar-refractivity contribution in [1.82, 2.24) is 10.6 Å². The predicted octanol–water partition coefficient (Wildman–Crippen LogP) is 2.06. The maximum atomic E-state index is 11.9. The lowest BCUT2D eigenvalue weighted by Gasteiger charge is -2.10. The van der Waals surface area contributed by atoms with Crippen molar-refractivity contribution in [3.63, 3.8) is 0 Å². The normalized spacial score (nSPS) is 18.1. The molecule has 2 aromatic rings. The van der Waals surface area contributed by atoms with Gasteiger partial charge in [-0.1, -0.05) is 18.2 Å². The first-order valence-corrected chi connectivity index (χ1v) is 9.25. The van der Waals surface area contributed by atoms with Crippen LogP contribution in [0.5, 0.6) is 0 Å². The Morgan fingerprint density at radius 3 is 2.83 bits per heavy atom. The van der Waals surface area contributed by atoms with Crippen LogP contribution >= 0.6 is 23.1 Å². The third-order valence-corrected chi connectivity index (χ3v) is 5.43. The van der Waals surface area contributed by atoms with E-state index in [1.54, 1.807) is 23.1 Å². The van der Waals surface area contributed by atoms with Crippen molar-refractivity contribution in [3.8, 4) is 0 Å². The van der Waals surface area contributed by atoms with E-state index in [2.05, 4.69) is 15.6 Å². The van der Waals surface area contributed by atoms with E-state index in [0.717, 1.165) is 28.4 Å². The van der Waals surface area contributed by atoms with Crippen LogP contribution < -0.4 is 16.4 Å². The molecular formula is C16H18N4OS2. The second-order valence-corrected chi connectivity index (χ2v) is 7.22. The number of rotatable bonds is 5. The minimum absolute atomic E-state index is 0.0385. The van der Waals surface area contributed by atoms with Crippen molar-refractivity contribution in [1.29, 1.82) is 0 Å². The van der Waals surface area contributed by atoms with Crippen LogP contribution in [0.15, 0.2) is 46.8 Å². The molecule has 1 aromatic carbocycles. The number of amides is 1. The quantitative estimate of drug-likeness (QED) is 0.572. The van der Waals surface area contributed by atoms with Gasteiger partial charge in [-0.25, -0.2) is 4.99 Å². The summed E-state index contributed by atoms with van der Waals surface area (Å²) in [5.41, 5.74) is 7.81. The van der Waals surface area contributed by atoms with Gasteiger partial charge in [0.2, 0.25) is 5.91 Å². The molecule has 1 atom stereocenters. The van der Waals surface area contributed by atoms with Crippen LogP contribution in [-0.2, 0) is 11.3 Å². The van der Waals surface area contributed by atoms with Gasteiger partial charge in [0.25, 0.3) is 0 Å². The molecule has 23 heavy (non-hydrogen) atoms. The number of hydrogen-bond acceptors (Lipinski definition) is 5. The Morgan fingerprint density at radius 2 is 2.17 bits per heavy atom. The highest BCUT2D eigenvalue weighted by Gasteiger charge is 2.21. The maximum absolute atomic E-state index is 11.9. The van der Waals surface area contributed by atoms with Crippen LogP contribution in [0.25, 0.3) is 0 Å². The van der Waals surface area contributed by atoms with Crippen molar-refractivity contribution in [3.05, 3.63) is 52.2 Å². The standard InChI is InChI=1S/C16H18N4OS2/c17-14(13-2-1-8-22-13)20-12-5-3-11(4-6-12)10-19-15(21)16-18-7-9-23-16/h1-6,8,16,18H,7,9-10H2,(H2,17,20)(H,19,21). The fourth-order valence-corrected chi connectivity index (χ4v) is 3.75. The largest absolute Gasteiger partial charge is 0.383 e. The number of nitrogens with one attached hydrogen (secondary N) is 2. The van der Waals surface area contributed by atoms with Crippen LogP contribution in [0.4, 0.5) is 5.69 Å². The monoisotopic (exact) mass is 346 g/mol. The molecule has 0 saturated carbocycles. The second-order valence-electron chi connectivity index (χ2n) is 5.06. The molecule has 0 aliphatic carbocycles. The predicted molar refractivity (Wildman–Crippen MR) is 97.2 cm³/mol. The zero-order valence-electron chi connectivity index (χ0n) is 12.5. The van der Waals surface area contributed by atoms with E-state index in [9.17, 15) is 4.79 Å². The van der Waals surface area contributed by atoms with E-state index in [1.165, 1.54) is 0 Å². The average Bonchev–Trinajstić information content (AvgIpc) is 3.27. The Kier molecular flexibility index (Phi) is 5.32. The van der Waals surface area contributed by atoms with E-state index in [-0.39, 0.29) is 11.3 Å². The molecule has 1 saturated heterocycles. The molecule has 1 aliphatic rings. The first kappa shape index (κ1) is 16.0. The van der Waals surface area contributed by atoms with Gasteiger partial charge in [-0.15, -0.1) is 23.1 Å². The first-order valence-electron chi connectivity index (χ1n) is 7.32. The van der Waals surface area contributed by atoms with E-state index < -0.39 is 0 Å². The molecule has 1 aliphatic heterocycles. The van der Waals surface area contributed by atoms with Gasteiger partial charge in [-0.2, -0.15) is 0 Å². The molecule has 0 radical (unpaired) electrons. The van der Waals surface area contributed by atoms with Crippen molar-refractivity contribution in [2.45, 2.75) is 11.9 Å². The average molecular weight is 346 g/mol. The maximum Gasteiger partial charge on any atom is 0.247 e. The van der Waals surface area contributed by atoms with Gasteiger partial charge in [0.05, 0.1) is 10.6 Å². The Balaban J connectivity index is 1.56. The minimum atomic E-state index is -0.121. The minimum Gasteiger partial charge on any atom is -0.383 e. The number of nitrogens with two attached hydrogens (primary N) is 1. The third-order valence-electron chi connectivity index (χ3n) is 3.38. The third kappa shape index (κ3) is 4.34. The molecule has 5 nitrogen and oxygen atoms in total. The van der Waals surface area contributed by atoms with Crippen LogP contribution in [-0.4, -0.2) is 29.4 Å². The first-order chi connectivity index (χ1) is 11.2. The summed E-state index contributed by atoms with van der Waals surface area (Å²) in [6.45, 7) is 1.41. The molecular weight excluding hydrogens is 328 g/mol. The van der Waals surface area contributed by atoms with Gasteiger partial charge in [-0.05, 0) is 29.1 Å². The molecule has 1 aromatic heterocycles. The molecule has 7 heteroatoms. The Labute approximate surface area is 143 Å². The summed E-state index contributed by atoms with van der Waals surface area (Å²) in [5.74, 6) is 1.54. The molecule has 120 valence electrons.